The maximum atomic E-state index is 3.38. The lowest BCUT2D eigenvalue weighted by Gasteiger charge is -2.27. The summed E-state index contributed by atoms with van der Waals surface area (Å²) in [5, 5.41) is 1.37. The maximum Gasteiger partial charge on any atom is 0.0457 e. The number of H-pyrrole nitrogens is 1. The molecule has 0 radical (unpaired) electrons. The number of rotatable bonds is 2. The Morgan fingerprint density at radius 1 is 1.11 bits per heavy atom. The molecular weight excluding hydrogens is 220 g/mol. The van der Waals surface area contributed by atoms with Crippen LogP contribution < -0.4 is 0 Å². The van der Waals surface area contributed by atoms with Crippen LogP contribution in [0.3, 0.4) is 0 Å². The van der Waals surface area contributed by atoms with Gasteiger partial charge < -0.3 is 9.88 Å². The molecule has 1 unspecified atom stereocenters. The zero-order valence-electron chi connectivity index (χ0n) is 11.1. The van der Waals surface area contributed by atoms with Crippen LogP contribution in [0.5, 0.6) is 0 Å². The SMILES string of the molecule is CN(C)C1C=C[C@@H](c2c[nH]c3ccccc23)CC1. The first-order valence-electron chi connectivity index (χ1n) is 6.66. The van der Waals surface area contributed by atoms with Gasteiger partial charge in [0.15, 0.2) is 0 Å². The molecule has 1 N–H and O–H groups in total. The number of hydrogen-bond donors (Lipinski definition) is 1. The lowest BCUT2D eigenvalue weighted by Crippen LogP contribution is -2.28. The molecule has 0 amide bonds. The molecular formula is C16H20N2. The number of hydrogen-bond acceptors (Lipinski definition) is 1. The summed E-state index contributed by atoms with van der Waals surface area (Å²) in [6.07, 6.45) is 9.39. The first-order chi connectivity index (χ1) is 8.75. The molecule has 0 bridgehead atoms. The van der Waals surface area contributed by atoms with Crippen molar-refractivity contribution < 1.29 is 0 Å². The van der Waals surface area contributed by atoms with E-state index in [0.29, 0.717) is 12.0 Å². The van der Waals surface area contributed by atoms with E-state index in [1.807, 2.05) is 0 Å². The van der Waals surface area contributed by atoms with Crippen LogP contribution in [-0.2, 0) is 0 Å². The molecule has 2 atom stereocenters. The number of benzene rings is 1. The average Bonchev–Trinajstić information content (AvgIpc) is 2.82. The van der Waals surface area contributed by atoms with Crippen molar-refractivity contribution in [1.29, 1.82) is 0 Å². The number of fused-ring (bicyclic) bond motifs is 1. The van der Waals surface area contributed by atoms with Crippen LogP contribution in [0.4, 0.5) is 0 Å². The fourth-order valence-electron chi connectivity index (χ4n) is 2.90. The Labute approximate surface area is 108 Å². The number of aromatic amines is 1. The predicted molar refractivity (Wildman–Crippen MR) is 76.9 cm³/mol. The van der Waals surface area contributed by atoms with Crippen LogP contribution in [0.15, 0.2) is 42.6 Å². The summed E-state index contributed by atoms with van der Waals surface area (Å²) in [6, 6.07) is 9.17. The molecule has 2 heteroatoms. The minimum Gasteiger partial charge on any atom is -0.361 e. The molecule has 1 aliphatic rings. The van der Waals surface area contributed by atoms with Crippen molar-refractivity contribution in [3.8, 4) is 0 Å². The Kier molecular flexibility index (Phi) is 2.96. The number of nitrogens with zero attached hydrogens (tertiary/aromatic N) is 1. The summed E-state index contributed by atoms with van der Waals surface area (Å²) in [5.74, 6) is 0.567. The maximum absolute atomic E-state index is 3.38. The summed E-state index contributed by atoms with van der Waals surface area (Å²) in [5.41, 5.74) is 2.69. The van der Waals surface area contributed by atoms with E-state index in [2.05, 4.69) is 66.6 Å². The molecule has 1 heterocycles. The highest BCUT2D eigenvalue weighted by molar-refractivity contribution is 5.83. The highest BCUT2D eigenvalue weighted by Gasteiger charge is 2.20. The predicted octanol–water partition coefficient (Wildman–Crippen LogP) is 3.53. The van der Waals surface area contributed by atoms with Gasteiger partial charge in [-0.1, -0.05) is 30.4 Å². The first-order valence-corrected chi connectivity index (χ1v) is 6.66. The van der Waals surface area contributed by atoms with Crippen LogP contribution in [0.1, 0.15) is 24.3 Å². The van der Waals surface area contributed by atoms with Crippen LogP contribution in [0, 0.1) is 0 Å². The van der Waals surface area contributed by atoms with Crippen LogP contribution in [-0.4, -0.2) is 30.0 Å². The Morgan fingerprint density at radius 2 is 1.94 bits per heavy atom. The van der Waals surface area contributed by atoms with Gasteiger partial charge in [-0.05, 0) is 38.6 Å². The molecule has 1 aromatic heterocycles. The topological polar surface area (TPSA) is 19.0 Å². The Morgan fingerprint density at radius 3 is 2.67 bits per heavy atom. The second-order valence-electron chi connectivity index (χ2n) is 5.39. The molecule has 0 aliphatic heterocycles. The zero-order chi connectivity index (χ0) is 12.5. The highest BCUT2D eigenvalue weighted by atomic mass is 15.1. The number of likely N-dealkylation sites (N-methyl/N-ethyl adjacent to an activating group) is 1. The van der Waals surface area contributed by atoms with Crippen molar-refractivity contribution >= 4 is 10.9 Å². The molecule has 0 spiro atoms. The van der Waals surface area contributed by atoms with E-state index in [1.54, 1.807) is 0 Å². The van der Waals surface area contributed by atoms with Gasteiger partial charge in [0.05, 0.1) is 0 Å². The normalized spacial score (nSPS) is 23.9. The van der Waals surface area contributed by atoms with Crippen molar-refractivity contribution in [3.63, 3.8) is 0 Å². The van der Waals surface area contributed by atoms with E-state index in [0.717, 1.165) is 0 Å². The molecule has 1 aromatic carbocycles. The average molecular weight is 240 g/mol. The monoisotopic (exact) mass is 240 g/mol. The molecule has 1 aliphatic carbocycles. The molecule has 94 valence electrons. The van der Waals surface area contributed by atoms with Gasteiger partial charge >= 0.3 is 0 Å². The second kappa shape index (κ2) is 4.62. The lowest BCUT2D eigenvalue weighted by molar-refractivity contribution is 0.311. The molecule has 18 heavy (non-hydrogen) atoms. The smallest absolute Gasteiger partial charge is 0.0457 e. The number of nitrogens with one attached hydrogen (secondary N) is 1. The van der Waals surface area contributed by atoms with Crippen LogP contribution in [0.25, 0.3) is 10.9 Å². The van der Waals surface area contributed by atoms with E-state index >= 15 is 0 Å². The van der Waals surface area contributed by atoms with Gasteiger partial charge in [0, 0.05) is 29.1 Å². The number of aromatic nitrogens is 1. The third-order valence-corrected chi connectivity index (χ3v) is 4.02. The van der Waals surface area contributed by atoms with Gasteiger partial charge in [0.1, 0.15) is 0 Å². The number of para-hydroxylation sites is 1. The van der Waals surface area contributed by atoms with Gasteiger partial charge in [-0.2, -0.15) is 0 Å². The van der Waals surface area contributed by atoms with E-state index in [1.165, 1.54) is 29.3 Å². The van der Waals surface area contributed by atoms with Gasteiger partial charge in [-0.15, -0.1) is 0 Å². The summed E-state index contributed by atoms with van der Waals surface area (Å²) in [4.78, 5) is 5.67. The van der Waals surface area contributed by atoms with E-state index in [9.17, 15) is 0 Å². The largest absolute Gasteiger partial charge is 0.361 e. The molecule has 3 rings (SSSR count). The molecule has 0 fully saturated rings. The zero-order valence-corrected chi connectivity index (χ0v) is 11.1. The van der Waals surface area contributed by atoms with Gasteiger partial charge in [-0.3, -0.25) is 0 Å². The van der Waals surface area contributed by atoms with Crippen molar-refractivity contribution in [1.82, 2.24) is 9.88 Å². The van der Waals surface area contributed by atoms with Gasteiger partial charge in [-0.25, -0.2) is 0 Å². The molecule has 0 saturated heterocycles. The number of allylic oxidation sites excluding steroid dienone is 1. The molecule has 0 saturated carbocycles. The first kappa shape index (κ1) is 11.5. The van der Waals surface area contributed by atoms with Gasteiger partial charge in [0.25, 0.3) is 0 Å². The minimum absolute atomic E-state index is 0.567. The summed E-state index contributed by atoms with van der Waals surface area (Å²) in [6.45, 7) is 0. The Balaban J connectivity index is 1.90. The fourth-order valence-corrected chi connectivity index (χ4v) is 2.90. The van der Waals surface area contributed by atoms with Crippen LogP contribution >= 0.6 is 0 Å². The summed E-state index contributed by atoms with van der Waals surface area (Å²) >= 11 is 0. The minimum atomic E-state index is 0.567. The second-order valence-corrected chi connectivity index (χ2v) is 5.39. The van der Waals surface area contributed by atoms with E-state index < -0.39 is 0 Å². The highest BCUT2D eigenvalue weighted by Crippen LogP contribution is 2.33. The third kappa shape index (κ3) is 1.97. The third-order valence-electron chi connectivity index (χ3n) is 4.02. The summed E-state index contributed by atoms with van der Waals surface area (Å²) < 4.78 is 0. The molecule has 2 aromatic rings. The molecule has 2 nitrogen and oxygen atoms in total. The van der Waals surface area contributed by atoms with E-state index in [-0.39, 0.29) is 0 Å². The van der Waals surface area contributed by atoms with Gasteiger partial charge in [0.2, 0.25) is 0 Å². The van der Waals surface area contributed by atoms with Crippen LogP contribution in [0.2, 0.25) is 0 Å². The van der Waals surface area contributed by atoms with E-state index in [4.69, 9.17) is 0 Å². The fraction of sp³-hybridized carbons (Fsp3) is 0.375. The van der Waals surface area contributed by atoms with Crippen molar-refractivity contribution in [2.24, 2.45) is 0 Å². The summed E-state index contributed by atoms with van der Waals surface area (Å²) in [7, 11) is 4.31. The quantitative estimate of drug-likeness (QED) is 0.796. The van der Waals surface area contributed by atoms with Crippen molar-refractivity contribution in [3.05, 3.63) is 48.2 Å². The van der Waals surface area contributed by atoms with Crippen molar-refractivity contribution in [2.75, 3.05) is 14.1 Å². The Bertz CT molecular complexity index is 565. The lowest BCUT2D eigenvalue weighted by atomic mass is 9.87. The Hall–Kier alpha value is -1.54. The standard InChI is InChI=1S/C16H20N2/c1-18(2)13-9-7-12(8-10-13)15-11-17-16-6-4-3-5-14(15)16/h3-7,9,11-13,17H,8,10H2,1-2H3/t12-,13?/m1/s1. The van der Waals surface area contributed by atoms with Crippen molar-refractivity contribution in [2.45, 2.75) is 24.8 Å².